The second-order valence-electron chi connectivity index (χ2n) is 3.98. The van der Waals surface area contributed by atoms with Gasteiger partial charge in [0, 0.05) is 24.7 Å². The van der Waals surface area contributed by atoms with Gasteiger partial charge in [0.05, 0.1) is 19.3 Å². The standard InChI is InChI=1S/C10H21N3O2S/c1-13(2)4-6-15-5-3-11-10(14)9-7-16-8-12-9/h9,12H,3-8H2,1-2H3,(H,11,14). The summed E-state index contributed by atoms with van der Waals surface area (Å²) in [5.41, 5.74) is 0. The second-order valence-corrected chi connectivity index (χ2v) is 5.01. The molecule has 1 aliphatic rings. The zero-order valence-corrected chi connectivity index (χ0v) is 10.8. The van der Waals surface area contributed by atoms with E-state index in [2.05, 4.69) is 15.5 Å². The first-order valence-corrected chi connectivity index (χ1v) is 6.67. The van der Waals surface area contributed by atoms with Gasteiger partial charge in [-0.3, -0.25) is 10.1 Å². The quantitative estimate of drug-likeness (QED) is 0.585. The van der Waals surface area contributed by atoms with Crippen LogP contribution in [0, 0.1) is 0 Å². The van der Waals surface area contributed by atoms with Gasteiger partial charge in [-0.25, -0.2) is 0 Å². The van der Waals surface area contributed by atoms with Crippen LogP contribution < -0.4 is 10.6 Å². The molecule has 0 aromatic heterocycles. The third-order valence-corrected chi connectivity index (χ3v) is 3.20. The van der Waals surface area contributed by atoms with Crippen LogP contribution in [0.15, 0.2) is 0 Å². The highest BCUT2D eigenvalue weighted by Crippen LogP contribution is 2.08. The van der Waals surface area contributed by atoms with Crippen molar-refractivity contribution in [2.75, 3.05) is 52.0 Å². The number of rotatable bonds is 7. The first-order chi connectivity index (χ1) is 7.70. The smallest absolute Gasteiger partial charge is 0.238 e. The number of hydrogen-bond acceptors (Lipinski definition) is 5. The first kappa shape index (κ1) is 13.8. The van der Waals surface area contributed by atoms with Gasteiger partial charge in [0.25, 0.3) is 0 Å². The van der Waals surface area contributed by atoms with E-state index in [1.807, 2.05) is 14.1 Å². The largest absolute Gasteiger partial charge is 0.378 e. The molecule has 1 rings (SSSR count). The van der Waals surface area contributed by atoms with Crippen LogP contribution in [0.2, 0.25) is 0 Å². The lowest BCUT2D eigenvalue weighted by Gasteiger charge is -2.12. The van der Waals surface area contributed by atoms with Crippen molar-refractivity contribution in [1.29, 1.82) is 0 Å². The van der Waals surface area contributed by atoms with Gasteiger partial charge >= 0.3 is 0 Å². The number of hydrogen-bond donors (Lipinski definition) is 2. The van der Waals surface area contributed by atoms with E-state index < -0.39 is 0 Å². The lowest BCUT2D eigenvalue weighted by molar-refractivity contribution is -0.122. The maximum atomic E-state index is 11.5. The van der Waals surface area contributed by atoms with Crippen molar-refractivity contribution in [3.63, 3.8) is 0 Å². The number of ether oxygens (including phenoxy) is 1. The Morgan fingerprint density at radius 2 is 2.38 bits per heavy atom. The Balaban J connectivity index is 1.92. The fourth-order valence-corrected chi connectivity index (χ4v) is 2.22. The number of nitrogens with zero attached hydrogens (tertiary/aromatic N) is 1. The van der Waals surface area contributed by atoms with Gasteiger partial charge in [-0.2, -0.15) is 0 Å². The molecular formula is C10H21N3O2S. The summed E-state index contributed by atoms with van der Waals surface area (Å²) in [6, 6.07) is -0.0215. The van der Waals surface area contributed by atoms with Crippen molar-refractivity contribution < 1.29 is 9.53 Å². The van der Waals surface area contributed by atoms with E-state index in [4.69, 9.17) is 4.74 Å². The molecule has 5 nitrogen and oxygen atoms in total. The second kappa shape index (κ2) is 7.89. The van der Waals surface area contributed by atoms with Gasteiger partial charge in [0.2, 0.25) is 5.91 Å². The molecular weight excluding hydrogens is 226 g/mol. The molecule has 1 aliphatic heterocycles. The zero-order chi connectivity index (χ0) is 11.8. The molecule has 6 heteroatoms. The summed E-state index contributed by atoms with van der Waals surface area (Å²) in [7, 11) is 4.02. The molecule has 0 radical (unpaired) electrons. The van der Waals surface area contributed by atoms with E-state index in [-0.39, 0.29) is 11.9 Å². The SMILES string of the molecule is CN(C)CCOCCNC(=O)C1CSCN1. The van der Waals surface area contributed by atoms with Crippen LogP contribution in [0.1, 0.15) is 0 Å². The number of nitrogens with one attached hydrogen (secondary N) is 2. The average Bonchev–Trinajstić information content (AvgIpc) is 2.75. The Morgan fingerprint density at radius 1 is 1.56 bits per heavy atom. The predicted octanol–water partition coefficient (Wildman–Crippen LogP) is -0.657. The number of likely N-dealkylation sites (N-methyl/N-ethyl adjacent to an activating group) is 1. The minimum absolute atomic E-state index is 0.0215. The van der Waals surface area contributed by atoms with Crippen molar-refractivity contribution in [3.05, 3.63) is 0 Å². The normalized spacial score (nSPS) is 20.3. The molecule has 1 amide bonds. The van der Waals surface area contributed by atoms with Crippen molar-refractivity contribution in [3.8, 4) is 0 Å². The highest BCUT2D eigenvalue weighted by molar-refractivity contribution is 7.99. The number of carbonyl (C=O) groups is 1. The average molecular weight is 247 g/mol. The Kier molecular flexibility index (Phi) is 6.79. The van der Waals surface area contributed by atoms with Crippen molar-refractivity contribution in [2.45, 2.75) is 6.04 Å². The lowest BCUT2D eigenvalue weighted by Crippen LogP contribution is -2.43. The van der Waals surface area contributed by atoms with E-state index in [1.165, 1.54) is 0 Å². The molecule has 0 bridgehead atoms. The highest BCUT2D eigenvalue weighted by atomic mass is 32.2. The zero-order valence-electron chi connectivity index (χ0n) is 9.99. The van der Waals surface area contributed by atoms with Crippen molar-refractivity contribution in [1.82, 2.24) is 15.5 Å². The molecule has 2 N–H and O–H groups in total. The van der Waals surface area contributed by atoms with Crippen LogP contribution >= 0.6 is 11.8 Å². The van der Waals surface area contributed by atoms with E-state index in [1.54, 1.807) is 11.8 Å². The molecule has 0 spiro atoms. The van der Waals surface area contributed by atoms with Crippen LogP contribution in [-0.2, 0) is 9.53 Å². The molecule has 94 valence electrons. The molecule has 1 heterocycles. The van der Waals surface area contributed by atoms with Crippen LogP contribution in [-0.4, -0.2) is 68.9 Å². The molecule has 0 aromatic carbocycles. The van der Waals surface area contributed by atoms with E-state index in [9.17, 15) is 4.79 Å². The third kappa shape index (κ3) is 5.69. The maximum absolute atomic E-state index is 11.5. The van der Waals surface area contributed by atoms with Gasteiger partial charge in [-0.1, -0.05) is 0 Å². The third-order valence-electron chi connectivity index (χ3n) is 2.26. The lowest BCUT2D eigenvalue weighted by atomic mass is 10.3. The van der Waals surface area contributed by atoms with Gasteiger partial charge in [-0.05, 0) is 14.1 Å². The monoisotopic (exact) mass is 247 g/mol. The Labute approximate surface area is 101 Å². The van der Waals surface area contributed by atoms with E-state index in [0.29, 0.717) is 19.8 Å². The van der Waals surface area contributed by atoms with E-state index >= 15 is 0 Å². The predicted molar refractivity (Wildman–Crippen MR) is 66.6 cm³/mol. The Bertz CT molecular complexity index is 208. The fourth-order valence-electron chi connectivity index (χ4n) is 1.28. The van der Waals surface area contributed by atoms with Gasteiger partial charge in [-0.15, -0.1) is 11.8 Å². The summed E-state index contributed by atoms with van der Waals surface area (Å²) in [6.45, 7) is 2.80. The molecule has 1 saturated heterocycles. The summed E-state index contributed by atoms with van der Waals surface area (Å²) in [6.07, 6.45) is 0. The van der Waals surface area contributed by atoms with Gasteiger partial charge in [0.15, 0.2) is 0 Å². The minimum Gasteiger partial charge on any atom is -0.378 e. The molecule has 1 unspecified atom stereocenters. The fraction of sp³-hybridized carbons (Fsp3) is 0.900. The molecule has 1 fully saturated rings. The molecule has 0 aromatic rings. The molecule has 1 atom stereocenters. The summed E-state index contributed by atoms with van der Waals surface area (Å²) in [5.74, 6) is 1.83. The van der Waals surface area contributed by atoms with Gasteiger partial charge < -0.3 is 15.0 Å². The number of thioether (sulfide) groups is 1. The molecule has 0 aliphatic carbocycles. The summed E-state index contributed by atoms with van der Waals surface area (Å²) in [5, 5.41) is 5.99. The number of amides is 1. The van der Waals surface area contributed by atoms with Crippen molar-refractivity contribution >= 4 is 17.7 Å². The maximum Gasteiger partial charge on any atom is 0.238 e. The Morgan fingerprint density at radius 3 is 3.00 bits per heavy atom. The molecule has 16 heavy (non-hydrogen) atoms. The molecule has 0 saturated carbocycles. The first-order valence-electron chi connectivity index (χ1n) is 5.51. The summed E-state index contributed by atoms with van der Waals surface area (Å²) >= 11 is 1.75. The Hall–Kier alpha value is -0.300. The van der Waals surface area contributed by atoms with Crippen LogP contribution in [0.3, 0.4) is 0 Å². The van der Waals surface area contributed by atoms with Crippen LogP contribution in [0.4, 0.5) is 0 Å². The summed E-state index contributed by atoms with van der Waals surface area (Å²) in [4.78, 5) is 13.6. The van der Waals surface area contributed by atoms with Crippen molar-refractivity contribution in [2.24, 2.45) is 0 Å². The highest BCUT2D eigenvalue weighted by Gasteiger charge is 2.21. The van der Waals surface area contributed by atoms with Crippen LogP contribution in [0.5, 0.6) is 0 Å². The topological polar surface area (TPSA) is 53.6 Å². The van der Waals surface area contributed by atoms with E-state index in [0.717, 1.165) is 18.2 Å². The van der Waals surface area contributed by atoms with Gasteiger partial charge in [0.1, 0.15) is 0 Å². The number of carbonyl (C=O) groups excluding carboxylic acids is 1. The summed E-state index contributed by atoms with van der Waals surface area (Å²) < 4.78 is 5.38. The van der Waals surface area contributed by atoms with Crippen LogP contribution in [0.25, 0.3) is 0 Å². The minimum atomic E-state index is -0.0215.